The highest BCUT2D eigenvalue weighted by molar-refractivity contribution is 5.97. The number of aromatic hydroxyl groups is 1. The summed E-state index contributed by atoms with van der Waals surface area (Å²) >= 11 is 0. The van der Waals surface area contributed by atoms with E-state index in [-0.39, 0.29) is 17.4 Å². The summed E-state index contributed by atoms with van der Waals surface area (Å²) in [7, 11) is 0. The van der Waals surface area contributed by atoms with Gasteiger partial charge in [0.1, 0.15) is 17.1 Å². The first-order valence-electron chi connectivity index (χ1n) is 7.12. The highest BCUT2D eigenvalue weighted by Crippen LogP contribution is 2.27. The molecule has 2 rings (SSSR count). The van der Waals surface area contributed by atoms with Gasteiger partial charge in [0, 0.05) is 12.6 Å². The molecule has 1 aliphatic rings. The molecular weight excluding hydrogens is 259 g/mol. The molecule has 5 heteroatoms. The Balaban J connectivity index is 2.09. The largest absolute Gasteiger partial charge is 0.507 e. The summed E-state index contributed by atoms with van der Waals surface area (Å²) < 4.78 is 13.6. The van der Waals surface area contributed by atoms with Crippen molar-refractivity contribution in [3.63, 3.8) is 0 Å². The lowest BCUT2D eigenvalue weighted by Crippen LogP contribution is -2.46. The molecule has 0 aliphatic heterocycles. The Hall–Kier alpha value is -1.62. The van der Waals surface area contributed by atoms with Crippen molar-refractivity contribution in [2.75, 3.05) is 6.54 Å². The number of amides is 1. The summed E-state index contributed by atoms with van der Waals surface area (Å²) in [6, 6.07) is 3.66. The lowest BCUT2D eigenvalue weighted by molar-refractivity contribution is 0.0908. The third-order valence-corrected chi connectivity index (χ3v) is 4.01. The van der Waals surface area contributed by atoms with Crippen LogP contribution in [0.4, 0.5) is 4.39 Å². The molecule has 1 aromatic rings. The fraction of sp³-hybridized carbons (Fsp3) is 0.533. The summed E-state index contributed by atoms with van der Waals surface area (Å²) in [5.74, 6) is -1.32. The van der Waals surface area contributed by atoms with Crippen molar-refractivity contribution in [2.45, 2.75) is 38.1 Å². The van der Waals surface area contributed by atoms with Crippen molar-refractivity contribution < 1.29 is 14.3 Å². The number of benzene rings is 1. The third kappa shape index (κ3) is 3.28. The SMILES string of the molecule is NCC(NC(=O)c1c(O)cccc1F)C1CCCCC1. The molecule has 20 heavy (non-hydrogen) atoms. The van der Waals surface area contributed by atoms with Gasteiger partial charge in [0.05, 0.1) is 0 Å². The fourth-order valence-electron chi connectivity index (χ4n) is 2.88. The first kappa shape index (κ1) is 14.8. The Morgan fingerprint density at radius 1 is 1.40 bits per heavy atom. The summed E-state index contributed by atoms with van der Waals surface area (Å²) in [6.07, 6.45) is 5.57. The number of halogens is 1. The van der Waals surface area contributed by atoms with Crippen molar-refractivity contribution in [3.8, 4) is 5.75 Å². The van der Waals surface area contributed by atoms with Crippen LogP contribution in [0, 0.1) is 11.7 Å². The van der Waals surface area contributed by atoms with Gasteiger partial charge in [-0.25, -0.2) is 4.39 Å². The van der Waals surface area contributed by atoms with Crippen LogP contribution in [-0.4, -0.2) is 23.6 Å². The van der Waals surface area contributed by atoms with E-state index < -0.39 is 11.7 Å². The van der Waals surface area contributed by atoms with Crippen LogP contribution in [0.5, 0.6) is 5.75 Å². The quantitative estimate of drug-likeness (QED) is 0.791. The Bertz CT molecular complexity index is 453. The van der Waals surface area contributed by atoms with Crippen LogP contribution in [0.25, 0.3) is 0 Å². The van der Waals surface area contributed by atoms with Crippen LogP contribution < -0.4 is 11.1 Å². The number of phenolic OH excluding ortho intramolecular Hbond substituents is 1. The van der Waals surface area contributed by atoms with Gasteiger partial charge in [0.15, 0.2) is 0 Å². The van der Waals surface area contributed by atoms with Gasteiger partial charge in [-0.2, -0.15) is 0 Å². The van der Waals surface area contributed by atoms with Gasteiger partial charge in [0.25, 0.3) is 5.91 Å². The minimum atomic E-state index is -0.720. The maximum atomic E-state index is 13.6. The monoisotopic (exact) mass is 280 g/mol. The first-order chi connectivity index (χ1) is 9.63. The van der Waals surface area contributed by atoms with E-state index in [9.17, 15) is 14.3 Å². The highest BCUT2D eigenvalue weighted by atomic mass is 19.1. The second kappa shape index (κ2) is 6.70. The van der Waals surface area contributed by atoms with E-state index in [4.69, 9.17) is 5.73 Å². The van der Waals surface area contributed by atoms with Crippen LogP contribution in [0.1, 0.15) is 42.5 Å². The molecule has 0 spiro atoms. The molecule has 110 valence electrons. The number of hydrogen-bond acceptors (Lipinski definition) is 3. The molecule has 1 aromatic carbocycles. The summed E-state index contributed by atoms with van der Waals surface area (Å²) in [5.41, 5.74) is 5.43. The lowest BCUT2D eigenvalue weighted by Gasteiger charge is -2.30. The Labute approximate surface area is 118 Å². The molecule has 1 atom stereocenters. The van der Waals surface area contributed by atoms with Crippen LogP contribution in [-0.2, 0) is 0 Å². The molecule has 0 heterocycles. The van der Waals surface area contributed by atoms with Crippen molar-refractivity contribution in [2.24, 2.45) is 11.7 Å². The summed E-state index contributed by atoms with van der Waals surface area (Å²) in [5, 5.41) is 12.4. The predicted octanol–water partition coefficient (Wildman–Crippen LogP) is 2.17. The normalized spacial score (nSPS) is 17.7. The standard InChI is InChI=1S/C15H21FN2O2/c16-11-7-4-8-13(19)14(11)15(20)18-12(9-17)10-5-2-1-3-6-10/h4,7-8,10,12,19H,1-3,5-6,9,17H2,(H,18,20). The van der Waals surface area contributed by atoms with Crippen molar-refractivity contribution in [3.05, 3.63) is 29.6 Å². The Kier molecular flexibility index (Phi) is 4.95. The van der Waals surface area contributed by atoms with Crippen LogP contribution in [0.15, 0.2) is 18.2 Å². The Morgan fingerprint density at radius 3 is 2.70 bits per heavy atom. The molecule has 1 fully saturated rings. The molecule has 0 saturated heterocycles. The van der Waals surface area contributed by atoms with E-state index >= 15 is 0 Å². The van der Waals surface area contributed by atoms with Crippen molar-refractivity contribution in [1.82, 2.24) is 5.32 Å². The topological polar surface area (TPSA) is 75.3 Å². The fourth-order valence-corrected chi connectivity index (χ4v) is 2.88. The Morgan fingerprint density at radius 2 is 2.10 bits per heavy atom. The molecule has 1 saturated carbocycles. The van der Waals surface area contributed by atoms with Crippen LogP contribution >= 0.6 is 0 Å². The predicted molar refractivity (Wildman–Crippen MR) is 74.9 cm³/mol. The zero-order valence-corrected chi connectivity index (χ0v) is 11.4. The lowest BCUT2D eigenvalue weighted by atomic mass is 9.84. The van der Waals surface area contributed by atoms with Gasteiger partial charge < -0.3 is 16.2 Å². The van der Waals surface area contributed by atoms with E-state index in [1.807, 2.05) is 0 Å². The average molecular weight is 280 g/mol. The zero-order chi connectivity index (χ0) is 14.5. The zero-order valence-electron chi connectivity index (χ0n) is 11.4. The third-order valence-electron chi connectivity index (χ3n) is 4.01. The molecule has 4 nitrogen and oxygen atoms in total. The molecule has 0 aromatic heterocycles. The first-order valence-corrected chi connectivity index (χ1v) is 7.12. The van der Waals surface area contributed by atoms with Crippen molar-refractivity contribution in [1.29, 1.82) is 0 Å². The minimum absolute atomic E-state index is 0.165. The number of carbonyl (C=O) groups excluding carboxylic acids is 1. The molecule has 1 unspecified atom stereocenters. The summed E-state index contributed by atoms with van der Waals surface area (Å²) in [6.45, 7) is 0.325. The number of carbonyl (C=O) groups is 1. The van der Waals surface area contributed by atoms with Gasteiger partial charge in [-0.15, -0.1) is 0 Å². The summed E-state index contributed by atoms with van der Waals surface area (Å²) in [4.78, 5) is 12.1. The van der Waals surface area contributed by atoms with Gasteiger partial charge >= 0.3 is 0 Å². The molecule has 0 bridgehead atoms. The number of nitrogens with two attached hydrogens (primary N) is 1. The molecule has 4 N–H and O–H groups in total. The van der Waals surface area contributed by atoms with Crippen LogP contribution in [0.2, 0.25) is 0 Å². The number of phenols is 1. The van der Waals surface area contributed by atoms with Gasteiger partial charge in [-0.05, 0) is 30.9 Å². The van der Waals surface area contributed by atoms with E-state index in [2.05, 4.69) is 5.32 Å². The van der Waals surface area contributed by atoms with E-state index in [0.717, 1.165) is 31.7 Å². The number of hydrogen-bond donors (Lipinski definition) is 3. The molecule has 1 aliphatic carbocycles. The van der Waals surface area contributed by atoms with Gasteiger partial charge in [0.2, 0.25) is 0 Å². The molecule has 0 radical (unpaired) electrons. The van der Waals surface area contributed by atoms with Crippen LogP contribution in [0.3, 0.4) is 0 Å². The minimum Gasteiger partial charge on any atom is -0.507 e. The van der Waals surface area contributed by atoms with Crippen molar-refractivity contribution >= 4 is 5.91 Å². The van der Waals surface area contributed by atoms with Gasteiger partial charge in [-0.3, -0.25) is 4.79 Å². The molecular formula is C15H21FN2O2. The van der Waals surface area contributed by atoms with E-state index in [0.29, 0.717) is 12.5 Å². The van der Waals surface area contributed by atoms with Gasteiger partial charge in [-0.1, -0.05) is 25.3 Å². The van der Waals surface area contributed by atoms with E-state index in [1.165, 1.54) is 18.6 Å². The number of nitrogens with one attached hydrogen (secondary N) is 1. The highest BCUT2D eigenvalue weighted by Gasteiger charge is 2.26. The average Bonchev–Trinajstić information content (AvgIpc) is 2.45. The second-order valence-corrected chi connectivity index (χ2v) is 5.35. The maximum absolute atomic E-state index is 13.6. The maximum Gasteiger partial charge on any atom is 0.258 e. The second-order valence-electron chi connectivity index (χ2n) is 5.35. The number of rotatable bonds is 4. The smallest absolute Gasteiger partial charge is 0.258 e. The molecule has 1 amide bonds. The van der Waals surface area contributed by atoms with E-state index in [1.54, 1.807) is 0 Å².